The van der Waals surface area contributed by atoms with Crippen LogP contribution in [0.25, 0.3) is 6.08 Å². The zero-order chi connectivity index (χ0) is 17.5. The first kappa shape index (κ1) is 17.6. The molecule has 0 aliphatic heterocycles. The lowest BCUT2D eigenvalue weighted by atomic mass is 10.0. The maximum atomic E-state index is 12.3. The second-order valence-electron chi connectivity index (χ2n) is 5.20. The summed E-state index contributed by atoms with van der Waals surface area (Å²) in [5, 5.41) is 0. The van der Waals surface area contributed by atoms with E-state index >= 15 is 0 Å². The Morgan fingerprint density at radius 1 is 1.04 bits per heavy atom. The fourth-order valence-electron chi connectivity index (χ4n) is 2.33. The molecule has 24 heavy (non-hydrogen) atoms. The number of benzene rings is 2. The monoisotopic (exact) mass is 326 g/mol. The van der Waals surface area contributed by atoms with Gasteiger partial charge in [0.15, 0.2) is 5.78 Å². The summed E-state index contributed by atoms with van der Waals surface area (Å²) in [6.07, 6.45) is 3.33. The van der Waals surface area contributed by atoms with Crippen LogP contribution in [0.15, 0.2) is 42.5 Å². The molecule has 2 aromatic rings. The van der Waals surface area contributed by atoms with Gasteiger partial charge in [0.05, 0.1) is 20.8 Å². The molecular formula is C20H22O4. The highest BCUT2D eigenvalue weighted by Gasteiger charge is 2.07. The van der Waals surface area contributed by atoms with E-state index in [0.717, 1.165) is 22.6 Å². The van der Waals surface area contributed by atoms with Crippen LogP contribution in [0.5, 0.6) is 17.2 Å². The number of allylic oxidation sites excluding steroid dienone is 1. The van der Waals surface area contributed by atoms with Gasteiger partial charge < -0.3 is 14.2 Å². The molecule has 0 heterocycles. The molecule has 0 spiro atoms. The Bertz CT molecular complexity index is 730. The van der Waals surface area contributed by atoms with Gasteiger partial charge in [0.25, 0.3) is 0 Å². The molecule has 0 aliphatic carbocycles. The lowest BCUT2D eigenvalue weighted by molar-refractivity contribution is 0.104. The molecule has 0 N–H and O–H groups in total. The molecule has 0 atom stereocenters. The fraction of sp³-hybridized carbons (Fsp3) is 0.250. The first-order valence-corrected chi connectivity index (χ1v) is 7.77. The Balaban J connectivity index is 2.22. The predicted octanol–water partition coefficient (Wildman–Crippen LogP) is 4.31. The highest BCUT2D eigenvalue weighted by Crippen LogP contribution is 2.29. The highest BCUT2D eigenvalue weighted by atomic mass is 16.5. The van der Waals surface area contributed by atoms with Gasteiger partial charge in [-0.05, 0) is 61.4 Å². The molecule has 4 heteroatoms. The van der Waals surface area contributed by atoms with Crippen LogP contribution in [0, 0.1) is 6.92 Å². The van der Waals surface area contributed by atoms with Crippen molar-refractivity contribution in [3.8, 4) is 17.2 Å². The average Bonchev–Trinajstić information content (AvgIpc) is 2.61. The van der Waals surface area contributed by atoms with Crippen LogP contribution in [-0.4, -0.2) is 26.6 Å². The summed E-state index contributed by atoms with van der Waals surface area (Å²) in [7, 11) is 3.21. The van der Waals surface area contributed by atoms with Crippen LogP contribution in [0.4, 0.5) is 0 Å². The molecule has 0 fully saturated rings. The van der Waals surface area contributed by atoms with E-state index in [1.807, 2.05) is 26.0 Å². The summed E-state index contributed by atoms with van der Waals surface area (Å²) in [4.78, 5) is 12.3. The Morgan fingerprint density at radius 3 is 2.33 bits per heavy atom. The number of hydrogen-bond donors (Lipinski definition) is 0. The Kier molecular flexibility index (Phi) is 6.01. The summed E-state index contributed by atoms with van der Waals surface area (Å²) < 4.78 is 16.0. The number of rotatable bonds is 7. The Morgan fingerprint density at radius 2 is 1.75 bits per heavy atom. The van der Waals surface area contributed by atoms with Crippen LogP contribution in [0.3, 0.4) is 0 Å². The lowest BCUT2D eigenvalue weighted by Crippen LogP contribution is -1.96. The molecule has 0 unspecified atom stereocenters. The van der Waals surface area contributed by atoms with Crippen molar-refractivity contribution in [3.63, 3.8) is 0 Å². The third-order valence-electron chi connectivity index (χ3n) is 3.69. The molecule has 0 aromatic heterocycles. The van der Waals surface area contributed by atoms with E-state index in [0.29, 0.717) is 17.9 Å². The molecule has 0 bridgehead atoms. The number of ketones is 1. The maximum absolute atomic E-state index is 12.3. The Labute approximate surface area is 142 Å². The van der Waals surface area contributed by atoms with Crippen molar-refractivity contribution in [2.24, 2.45) is 0 Å². The van der Waals surface area contributed by atoms with Gasteiger partial charge in [-0.3, -0.25) is 4.79 Å². The van der Waals surface area contributed by atoms with Gasteiger partial charge in [-0.25, -0.2) is 0 Å². The fourth-order valence-corrected chi connectivity index (χ4v) is 2.33. The largest absolute Gasteiger partial charge is 0.497 e. The highest BCUT2D eigenvalue weighted by molar-refractivity contribution is 6.07. The molecule has 4 nitrogen and oxygen atoms in total. The molecule has 0 radical (unpaired) electrons. The van der Waals surface area contributed by atoms with Crippen LogP contribution >= 0.6 is 0 Å². The summed E-state index contributed by atoms with van der Waals surface area (Å²) in [5.41, 5.74) is 2.45. The molecule has 0 saturated carbocycles. The van der Waals surface area contributed by atoms with Gasteiger partial charge in [0.2, 0.25) is 0 Å². The minimum atomic E-state index is -0.0702. The van der Waals surface area contributed by atoms with Gasteiger partial charge in [-0.2, -0.15) is 0 Å². The molecule has 0 saturated heterocycles. The van der Waals surface area contributed by atoms with Crippen LogP contribution < -0.4 is 14.2 Å². The third kappa shape index (κ3) is 4.16. The van der Waals surface area contributed by atoms with Gasteiger partial charge in [0, 0.05) is 11.6 Å². The summed E-state index contributed by atoms with van der Waals surface area (Å²) >= 11 is 0. The first-order chi connectivity index (χ1) is 11.6. The minimum absolute atomic E-state index is 0.0702. The number of hydrogen-bond acceptors (Lipinski definition) is 4. The molecule has 2 aromatic carbocycles. The van der Waals surface area contributed by atoms with E-state index < -0.39 is 0 Å². The quantitative estimate of drug-likeness (QED) is 0.562. The average molecular weight is 326 g/mol. The zero-order valence-corrected chi connectivity index (χ0v) is 14.5. The van der Waals surface area contributed by atoms with E-state index in [4.69, 9.17) is 14.2 Å². The van der Waals surface area contributed by atoms with Gasteiger partial charge >= 0.3 is 0 Å². The van der Waals surface area contributed by atoms with E-state index in [1.54, 1.807) is 50.6 Å². The normalized spacial score (nSPS) is 10.7. The number of carbonyl (C=O) groups excluding carboxylic acids is 1. The van der Waals surface area contributed by atoms with E-state index in [1.165, 1.54) is 0 Å². The lowest BCUT2D eigenvalue weighted by Gasteiger charge is -2.10. The third-order valence-corrected chi connectivity index (χ3v) is 3.69. The second-order valence-corrected chi connectivity index (χ2v) is 5.20. The standard InChI is InChI=1S/C20H22O4/c1-5-24-17-9-6-15(7-10-17)19(21)11-8-16-12-18(22-3)13-20(23-4)14(16)2/h6-13H,5H2,1-4H3. The minimum Gasteiger partial charge on any atom is -0.497 e. The summed E-state index contributed by atoms with van der Waals surface area (Å²) in [6.45, 7) is 4.47. The topological polar surface area (TPSA) is 44.8 Å². The summed E-state index contributed by atoms with van der Waals surface area (Å²) in [5.74, 6) is 2.10. The van der Waals surface area contributed by atoms with Crippen molar-refractivity contribution in [3.05, 3.63) is 59.2 Å². The number of ether oxygens (including phenoxy) is 3. The molecule has 0 amide bonds. The smallest absolute Gasteiger partial charge is 0.185 e. The Hall–Kier alpha value is -2.75. The molecule has 0 aliphatic rings. The van der Waals surface area contributed by atoms with Crippen LogP contribution in [0.1, 0.15) is 28.4 Å². The van der Waals surface area contributed by atoms with Crippen molar-refractivity contribution in [1.29, 1.82) is 0 Å². The van der Waals surface area contributed by atoms with E-state index in [2.05, 4.69) is 0 Å². The first-order valence-electron chi connectivity index (χ1n) is 7.77. The van der Waals surface area contributed by atoms with Crippen molar-refractivity contribution in [2.45, 2.75) is 13.8 Å². The summed E-state index contributed by atoms with van der Waals surface area (Å²) in [6, 6.07) is 10.8. The molecule has 126 valence electrons. The molecular weight excluding hydrogens is 304 g/mol. The molecule has 2 rings (SSSR count). The van der Waals surface area contributed by atoms with E-state index in [-0.39, 0.29) is 5.78 Å². The second kappa shape index (κ2) is 8.20. The van der Waals surface area contributed by atoms with E-state index in [9.17, 15) is 4.79 Å². The van der Waals surface area contributed by atoms with Crippen molar-refractivity contribution in [1.82, 2.24) is 0 Å². The number of methoxy groups -OCH3 is 2. The van der Waals surface area contributed by atoms with Crippen molar-refractivity contribution >= 4 is 11.9 Å². The van der Waals surface area contributed by atoms with Gasteiger partial charge in [-0.1, -0.05) is 6.08 Å². The van der Waals surface area contributed by atoms with Crippen molar-refractivity contribution < 1.29 is 19.0 Å². The van der Waals surface area contributed by atoms with Crippen molar-refractivity contribution in [2.75, 3.05) is 20.8 Å². The SMILES string of the molecule is CCOc1ccc(C(=O)C=Cc2cc(OC)cc(OC)c2C)cc1. The zero-order valence-electron chi connectivity index (χ0n) is 14.5. The predicted molar refractivity (Wildman–Crippen MR) is 95.3 cm³/mol. The van der Waals surface area contributed by atoms with Crippen LogP contribution in [0.2, 0.25) is 0 Å². The number of carbonyl (C=O) groups is 1. The van der Waals surface area contributed by atoms with Gasteiger partial charge in [0.1, 0.15) is 17.2 Å². The van der Waals surface area contributed by atoms with Crippen LogP contribution in [-0.2, 0) is 0 Å². The maximum Gasteiger partial charge on any atom is 0.185 e. The van der Waals surface area contributed by atoms with Gasteiger partial charge in [-0.15, -0.1) is 0 Å².